The van der Waals surface area contributed by atoms with Gasteiger partial charge in [-0.25, -0.2) is 4.39 Å². The maximum Gasteiger partial charge on any atom is 0.123 e. The van der Waals surface area contributed by atoms with Crippen molar-refractivity contribution in [2.24, 2.45) is 0 Å². The average Bonchev–Trinajstić information content (AvgIpc) is 3.26. The smallest absolute Gasteiger partial charge is 0.123 e. The third-order valence-corrected chi connectivity index (χ3v) is 7.19. The molecule has 3 aliphatic heterocycles. The molecule has 0 N–H and O–H groups in total. The molecule has 0 radical (unpaired) electrons. The maximum absolute atomic E-state index is 13.6. The standard InChI is InChI=1S/C26H33FN2O/c27-21-12-10-20(11-13-21)23-19-29-17-5-8-24(29)22-7-4-9-25(26(22)23)30-18-6-16-28-14-2-1-3-15-28/h4,7,9-13,23-24H,1-3,5-6,8,14-19H2/t23-,24-/m0/s1. The molecule has 3 heterocycles. The van der Waals surface area contributed by atoms with Crippen LogP contribution in [0.25, 0.3) is 0 Å². The molecule has 0 bridgehead atoms. The molecule has 4 heteroatoms. The van der Waals surface area contributed by atoms with Crippen LogP contribution in [0.1, 0.15) is 67.2 Å². The number of likely N-dealkylation sites (tertiary alicyclic amines) is 1. The number of nitrogens with zero attached hydrogens (tertiary/aromatic N) is 2. The Labute approximate surface area is 179 Å². The van der Waals surface area contributed by atoms with Gasteiger partial charge < -0.3 is 9.64 Å². The third kappa shape index (κ3) is 4.13. The van der Waals surface area contributed by atoms with Crippen LogP contribution >= 0.6 is 0 Å². The third-order valence-electron chi connectivity index (χ3n) is 7.19. The molecule has 0 saturated carbocycles. The highest BCUT2D eigenvalue weighted by Gasteiger charge is 2.38. The molecule has 0 unspecified atom stereocenters. The van der Waals surface area contributed by atoms with Gasteiger partial charge in [-0.1, -0.05) is 30.7 Å². The lowest BCUT2D eigenvalue weighted by molar-refractivity contribution is 0.200. The molecule has 0 aromatic heterocycles. The molecule has 3 nitrogen and oxygen atoms in total. The van der Waals surface area contributed by atoms with E-state index in [2.05, 4.69) is 28.0 Å². The van der Waals surface area contributed by atoms with Crippen molar-refractivity contribution in [3.63, 3.8) is 0 Å². The normalized spacial score (nSPS) is 24.4. The molecular formula is C26H33FN2O. The zero-order chi connectivity index (χ0) is 20.3. The van der Waals surface area contributed by atoms with Gasteiger partial charge in [-0.05, 0) is 81.1 Å². The van der Waals surface area contributed by atoms with Crippen molar-refractivity contribution >= 4 is 0 Å². The Morgan fingerprint density at radius 2 is 1.77 bits per heavy atom. The quantitative estimate of drug-likeness (QED) is 0.598. The van der Waals surface area contributed by atoms with Gasteiger partial charge in [0.2, 0.25) is 0 Å². The molecule has 2 aromatic carbocycles. The van der Waals surface area contributed by atoms with Gasteiger partial charge in [-0.15, -0.1) is 0 Å². The Hall–Kier alpha value is -1.91. The van der Waals surface area contributed by atoms with Crippen LogP contribution in [0.2, 0.25) is 0 Å². The van der Waals surface area contributed by atoms with Gasteiger partial charge >= 0.3 is 0 Å². The number of ether oxygens (including phenoxy) is 1. The van der Waals surface area contributed by atoms with E-state index in [1.54, 1.807) is 12.1 Å². The van der Waals surface area contributed by atoms with Gasteiger partial charge in [0, 0.05) is 30.6 Å². The fourth-order valence-corrected chi connectivity index (χ4v) is 5.69. The molecule has 2 saturated heterocycles. The highest BCUT2D eigenvalue weighted by Crippen LogP contribution is 2.47. The molecule has 0 aliphatic carbocycles. The molecule has 0 spiro atoms. The second-order valence-corrected chi connectivity index (χ2v) is 9.12. The van der Waals surface area contributed by atoms with Crippen LogP contribution in [0.4, 0.5) is 4.39 Å². The average molecular weight is 409 g/mol. The van der Waals surface area contributed by atoms with E-state index in [9.17, 15) is 4.39 Å². The van der Waals surface area contributed by atoms with Crippen molar-refractivity contribution in [2.45, 2.75) is 50.5 Å². The van der Waals surface area contributed by atoms with Crippen molar-refractivity contribution in [3.8, 4) is 5.75 Å². The van der Waals surface area contributed by atoms with Gasteiger partial charge in [-0.3, -0.25) is 4.90 Å². The minimum Gasteiger partial charge on any atom is -0.493 e. The number of halogens is 1. The molecule has 2 aromatic rings. The fourth-order valence-electron chi connectivity index (χ4n) is 5.69. The predicted octanol–water partition coefficient (Wildman–Crippen LogP) is 5.36. The molecule has 3 aliphatic rings. The zero-order valence-corrected chi connectivity index (χ0v) is 17.9. The van der Waals surface area contributed by atoms with Crippen LogP contribution in [-0.2, 0) is 0 Å². The molecule has 2 atom stereocenters. The molecule has 5 rings (SSSR count). The van der Waals surface area contributed by atoms with Gasteiger partial charge in [-0.2, -0.15) is 0 Å². The van der Waals surface area contributed by atoms with E-state index >= 15 is 0 Å². The number of benzene rings is 2. The Bertz CT molecular complexity index is 847. The Balaban J connectivity index is 1.36. The summed E-state index contributed by atoms with van der Waals surface area (Å²) in [7, 11) is 0. The number of hydrogen-bond acceptors (Lipinski definition) is 3. The van der Waals surface area contributed by atoms with Crippen molar-refractivity contribution < 1.29 is 9.13 Å². The summed E-state index contributed by atoms with van der Waals surface area (Å²) in [6, 6.07) is 14.2. The summed E-state index contributed by atoms with van der Waals surface area (Å²) < 4.78 is 20.0. The first-order valence-corrected chi connectivity index (χ1v) is 11.8. The molecular weight excluding hydrogens is 375 g/mol. The Morgan fingerprint density at radius 3 is 2.60 bits per heavy atom. The summed E-state index contributed by atoms with van der Waals surface area (Å²) in [5, 5.41) is 0. The first kappa shape index (κ1) is 20.0. The van der Waals surface area contributed by atoms with E-state index in [0.29, 0.717) is 6.04 Å². The lowest BCUT2D eigenvalue weighted by Gasteiger charge is -2.38. The summed E-state index contributed by atoms with van der Waals surface area (Å²) in [5.41, 5.74) is 3.94. The van der Waals surface area contributed by atoms with E-state index in [1.165, 1.54) is 61.9 Å². The van der Waals surface area contributed by atoms with Crippen LogP contribution in [-0.4, -0.2) is 49.1 Å². The van der Waals surface area contributed by atoms with Crippen molar-refractivity contribution in [2.75, 3.05) is 39.3 Å². The van der Waals surface area contributed by atoms with Crippen LogP contribution in [0.3, 0.4) is 0 Å². The SMILES string of the molecule is Fc1ccc([C@@H]2CN3CCC[C@H]3c3cccc(OCCCN4CCCCC4)c32)cc1. The minimum atomic E-state index is -0.170. The highest BCUT2D eigenvalue weighted by atomic mass is 19.1. The van der Waals surface area contributed by atoms with E-state index in [-0.39, 0.29) is 11.7 Å². The van der Waals surface area contributed by atoms with Gasteiger partial charge in [0.1, 0.15) is 11.6 Å². The van der Waals surface area contributed by atoms with Crippen LogP contribution in [0, 0.1) is 5.82 Å². The summed E-state index contributed by atoms with van der Waals surface area (Å²) in [6.07, 6.45) is 7.60. The van der Waals surface area contributed by atoms with Crippen LogP contribution < -0.4 is 4.74 Å². The number of fused-ring (bicyclic) bond motifs is 3. The monoisotopic (exact) mass is 408 g/mol. The van der Waals surface area contributed by atoms with Crippen LogP contribution in [0.5, 0.6) is 5.75 Å². The van der Waals surface area contributed by atoms with E-state index in [0.717, 1.165) is 38.4 Å². The molecule has 0 amide bonds. The second kappa shape index (κ2) is 9.07. The van der Waals surface area contributed by atoms with E-state index < -0.39 is 0 Å². The molecule has 2 fully saturated rings. The van der Waals surface area contributed by atoms with Gasteiger partial charge in [0.25, 0.3) is 0 Å². The largest absolute Gasteiger partial charge is 0.493 e. The van der Waals surface area contributed by atoms with Crippen molar-refractivity contribution in [1.82, 2.24) is 9.80 Å². The summed E-state index contributed by atoms with van der Waals surface area (Å²) in [6.45, 7) is 6.53. The van der Waals surface area contributed by atoms with Crippen molar-refractivity contribution in [3.05, 3.63) is 65.0 Å². The van der Waals surface area contributed by atoms with Crippen LogP contribution in [0.15, 0.2) is 42.5 Å². The number of rotatable bonds is 6. The summed E-state index contributed by atoms with van der Waals surface area (Å²) in [5.74, 6) is 1.11. The predicted molar refractivity (Wildman–Crippen MR) is 119 cm³/mol. The maximum atomic E-state index is 13.6. The zero-order valence-electron chi connectivity index (χ0n) is 17.9. The summed E-state index contributed by atoms with van der Waals surface area (Å²) in [4.78, 5) is 5.18. The Morgan fingerprint density at radius 1 is 0.933 bits per heavy atom. The number of hydrogen-bond donors (Lipinski definition) is 0. The summed E-state index contributed by atoms with van der Waals surface area (Å²) >= 11 is 0. The lowest BCUT2D eigenvalue weighted by Crippen LogP contribution is -2.35. The van der Waals surface area contributed by atoms with E-state index in [1.807, 2.05) is 12.1 Å². The van der Waals surface area contributed by atoms with Gasteiger partial charge in [0.15, 0.2) is 0 Å². The Kier molecular flexibility index (Phi) is 6.05. The topological polar surface area (TPSA) is 15.7 Å². The fraction of sp³-hybridized carbons (Fsp3) is 0.538. The van der Waals surface area contributed by atoms with Gasteiger partial charge in [0.05, 0.1) is 6.61 Å². The second-order valence-electron chi connectivity index (χ2n) is 9.12. The van der Waals surface area contributed by atoms with Crippen molar-refractivity contribution in [1.29, 1.82) is 0 Å². The first-order chi connectivity index (χ1) is 14.8. The van der Waals surface area contributed by atoms with E-state index in [4.69, 9.17) is 4.74 Å². The first-order valence-electron chi connectivity index (χ1n) is 11.8. The molecule has 160 valence electrons. The lowest BCUT2D eigenvalue weighted by atomic mass is 9.81. The molecule has 30 heavy (non-hydrogen) atoms. The number of piperidine rings is 1. The minimum absolute atomic E-state index is 0.170. The highest BCUT2D eigenvalue weighted by molar-refractivity contribution is 5.51.